The molecule has 0 aromatic heterocycles. The minimum Gasteiger partial charge on any atom is -0.493 e. The van der Waals surface area contributed by atoms with Crippen LogP contribution in [0.3, 0.4) is 0 Å². The smallest absolute Gasteiger partial charge is 0.199 e. The predicted octanol–water partition coefficient (Wildman–Crippen LogP) is 3.13. The van der Waals surface area contributed by atoms with Crippen molar-refractivity contribution in [3.63, 3.8) is 0 Å². The number of rotatable bonds is 7. The summed E-state index contributed by atoms with van der Waals surface area (Å²) in [7, 11) is -3.67. The van der Waals surface area contributed by atoms with E-state index in [-0.39, 0.29) is 23.1 Å². The molecule has 0 saturated carbocycles. The van der Waals surface area contributed by atoms with E-state index in [9.17, 15) is 8.42 Å². The molecule has 0 fully saturated rings. The second-order valence-corrected chi connectivity index (χ2v) is 7.95. The van der Waals surface area contributed by atoms with Crippen molar-refractivity contribution in [1.82, 2.24) is 0 Å². The maximum Gasteiger partial charge on any atom is 0.199 e. The number of oxime groups is 1. The van der Waals surface area contributed by atoms with Crippen molar-refractivity contribution in [3.8, 4) is 11.5 Å². The fourth-order valence-corrected chi connectivity index (χ4v) is 3.98. The van der Waals surface area contributed by atoms with Crippen molar-refractivity contribution >= 4 is 26.5 Å². The molecule has 0 radical (unpaired) electrons. The molecule has 1 aliphatic rings. The van der Waals surface area contributed by atoms with Crippen LogP contribution in [0.1, 0.15) is 32.8 Å². The van der Waals surface area contributed by atoms with Gasteiger partial charge in [-0.3, -0.25) is 0 Å². The van der Waals surface area contributed by atoms with Gasteiger partial charge in [0.25, 0.3) is 0 Å². The Kier molecular flexibility index (Phi) is 5.98. The molecule has 134 valence electrons. The van der Waals surface area contributed by atoms with Gasteiger partial charge in [0, 0.05) is 6.42 Å². The van der Waals surface area contributed by atoms with Gasteiger partial charge in [-0.05, 0) is 32.9 Å². The number of hydrogen-bond acceptors (Lipinski definition) is 6. The minimum atomic E-state index is -3.67. The number of hydrogen-bond donors (Lipinski definition) is 0. The third kappa shape index (κ3) is 4.13. The van der Waals surface area contributed by atoms with Gasteiger partial charge in [0.1, 0.15) is 11.5 Å². The molecular formula is C16H22ClNO5S. The fourth-order valence-electron chi connectivity index (χ4n) is 2.33. The highest BCUT2D eigenvalue weighted by atomic mass is 35.5. The van der Waals surface area contributed by atoms with E-state index in [1.54, 1.807) is 25.1 Å². The number of benzene rings is 1. The number of sulfone groups is 1. The van der Waals surface area contributed by atoms with Gasteiger partial charge in [-0.15, -0.1) is 11.6 Å². The first kappa shape index (κ1) is 18.9. The van der Waals surface area contributed by atoms with Gasteiger partial charge in [0.15, 0.2) is 20.5 Å². The first-order valence-electron chi connectivity index (χ1n) is 7.76. The Morgan fingerprint density at radius 3 is 2.29 bits per heavy atom. The van der Waals surface area contributed by atoms with Crippen molar-refractivity contribution in [2.75, 3.05) is 19.1 Å². The van der Waals surface area contributed by atoms with Crippen LogP contribution in [0.15, 0.2) is 23.4 Å². The van der Waals surface area contributed by atoms with Crippen molar-refractivity contribution in [2.24, 2.45) is 5.16 Å². The summed E-state index contributed by atoms with van der Waals surface area (Å²) in [5, 5.41) is 3.74. The molecule has 1 aromatic rings. The molecule has 6 nitrogen and oxygen atoms in total. The van der Waals surface area contributed by atoms with Crippen molar-refractivity contribution in [2.45, 2.75) is 38.5 Å². The van der Waals surface area contributed by atoms with E-state index in [4.69, 9.17) is 25.9 Å². The van der Waals surface area contributed by atoms with Crippen LogP contribution in [0, 0.1) is 0 Å². The summed E-state index contributed by atoms with van der Waals surface area (Å²) in [6.07, 6.45) is 0.152. The van der Waals surface area contributed by atoms with E-state index in [2.05, 4.69) is 5.16 Å². The molecule has 1 aliphatic heterocycles. The summed E-state index contributed by atoms with van der Waals surface area (Å²) >= 11 is 5.82. The summed E-state index contributed by atoms with van der Waals surface area (Å²) in [6, 6.07) is 5.23. The lowest BCUT2D eigenvalue weighted by atomic mass is 10.1. The largest absolute Gasteiger partial charge is 0.493 e. The minimum absolute atomic E-state index is 0.000556. The van der Waals surface area contributed by atoms with Crippen LogP contribution in [-0.4, -0.2) is 38.2 Å². The molecule has 0 saturated heterocycles. The molecule has 8 heteroatoms. The highest BCUT2D eigenvalue weighted by Gasteiger charge is 2.39. The molecule has 1 atom stereocenters. The van der Waals surface area contributed by atoms with Crippen LogP contribution in [0.5, 0.6) is 11.5 Å². The Morgan fingerprint density at radius 2 is 1.83 bits per heavy atom. The number of halogens is 1. The topological polar surface area (TPSA) is 74.2 Å². The van der Waals surface area contributed by atoms with Gasteiger partial charge >= 0.3 is 0 Å². The quantitative estimate of drug-likeness (QED) is 0.684. The van der Waals surface area contributed by atoms with Crippen molar-refractivity contribution in [1.29, 1.82) is 0 Å². The van der Waals surface area contributed by atoms with Crippen LogP contribution >= 0.6 is 11.6 Å². The molecule has 0 N–H and O–H groups in total. The summed E-state index contributed by atoms with van der Waals surface area (Å²) in [6.45, 7) is 6.26. The van der Waals surface area contributed by atoms with Gasteiger partial charge in [0.2, 0.25) is 0 Å². The van der Waals surface area contributed by atoms with E-state index in [1.807, 2.05) is 13.8 Å². The van der Waals surface area contributed by atoms with E-state index in [0.29, 0.717) is 30.3 Å². The van der Waals surface area contributed by atoms with Crippen LogP contribution in [0.25, 0.3) is 0 Å². The average Bonchev–Trinajstić information content (AvgIpc) is 2.95. The van der Waals surface area contributed by atoms with Gasteiger partial charge < -0.3 is 14.3 Å². The highest BCUT2D eigenvalue weighted by molar-refractivity contribution is 8.05. The SMILES string of the molecule is CCOc1cccc(OCC)c1CS(=O)(=O)C1=NOC(C)(CCl)C1. The zero-order chi connectivity index (χ0) is 17.8. The molecule has 24 heavy (non-hydrogen) atoms. The maximum atomic E-state index is 12.8. The summed E-state index contributed by atoms with van der Waals surface area (Å²) in [5.74, 6) is 0.882. The molecule has 0 aliphatic carbocycles. The van der Waals surface area contributed by atoms with Crippen LogP contribution < -0.4 is 9.47 Å². The Bertz CT molecular complexity index is 695. The molecule has 2 rings (SSSR count). The predicted molar refractivity (Wildman–Crippen MR) is 93.7 cm³/mol. The first-order chi connectivity index (χ1) is 11.3. The summed E-state index contributed by atoms with van der Waals surface area (Å²) in [5.41, 5.74) is -0.296. The summed E-state index contributed by atoms with van der Waals surface area (Å²) in [4.78, 5) is 5.20. The second kappa shape index (κ2) is 7.61. The normalized spacial score (nSPS) is 20.4. The maximum absolute atomic E-state index is 12.8. The van der Waals surface area contributed by atoms with Crippen LogP contribution in [0.2, 0.25) is 0 Å². The van der Waals surface area contributed by atoms with E-state index >= 15 is 0 Å². The van der Waals surface area contributed by atoms with Crippen molar-refractivity contribution in [3.05, 3.63) is 23.8 Å². The Hall–Kier alpha value is -1.47. The standard InChI is InChI=1S/C16H22ClNO5S/c1-4-21-13-7-6-8-14(22-5-2)12(13)10-24(19,20)15-9-16(3,11-17)23-18-15/h6-8H,4-5,9-11H2,1-3H3. The fraction of sp³-hybridized carbons (Fsp3) is 0.562. The third-order valence-corrected chi connectivity index (χ3v) is 5.73. The molecule has 0 spiro atoms. The van der Waals surface area contributed by atoms with Crippen LogP contribution in [-0.2, 0) is 20.4 Å². The third-order valence-electron chi connectivity index (χ3n) is 3.56. The average molecular weight is 376 g/mol. The Balaban J connectivity index is 2.32. The van der Waals surface area contributed by atoms with Crippen molar-refractivity contribution < 1.29 is 22.7 Å². The lowest BCUT2D eigenvalue weighted by Gasteiger charge is -2.17. The van der Waals surface area contributed by atoms with E-state index in [1.165, 1.54) is 0 Å². The van der Waals surface area contributed by atoms with Gasteiger partial charge in [-0.25, -0.2) is 8.42 Å². The molecule has 1 heterocycles. The van der Waals surface area contributed by atoms with E-state index < -0.39 is 15.4 Å². The number of ether oxygens (including phenoxy) is 2. The van der Waals surface area contributed by atoms with E-state index in [0.717, 1.165) is 0 Å². The first-order valence-corrected chi connectivity index (χ1v) is 9.95. The molecule has 1 unspecified atom stereocenters. The van der Waals surface area contributed by atoms with Gasteiger partial charge in [-0.1, -0.05) is 11.2 Å². The molecule has 0 amide bonds. The monoisotopic (exact) mass is 375 g/mol. The highest BCUT2D eigenvalue weighted by Crippen LogP contribution is 2.33. The Labute approximate surface area is 147 Å². The lowest BCUT2D eigenvalue weighted by Crippen LogP contribution is -2.28. The zero-order valence-electron chi connectivity index (χ0n) is 14.0. The lowest BCUT2D eigenvalue weighted by molar-refractivity contribution is 0.0152. The number of nitrogens with zero attached hydrogens (tertiary/aromatic N) is 1. The van der Waals surface area contributed by atoms with Gasteiger partial charge in [-0.2, -0.15) is 0 Å². The molecule has 1 aromatic carbocycles. The zero-order valence-corrected chi connectivity index (χ0v) is 15.6. The Morgan fingerprint density at radius 1 is 1.25 bits per heavy atom. The summed E-state index contributed by atoms with van der Waals surface area (Å²) < 4.78 is 36.6. The van der Waals surface area contributed by atoms with Gasteiger partial charge in [0.05, 0.1) is 30.4 Å². The number of alkyl halides is 1. The molecule has 0 bridgehead atoms. The second-order valence-electron chi connectivity index (χ2n) is 5.69. The van der Waals surface area contributed by atoms with Crippen LogP contribution in [0.4, 0.5) is 0 Å². The molecular weight excluding hydrogens is 354 g/mol.